The third-order valence-electron chi connectivity index (χ3n) is 7.47. The van der Waals surface area contributed by atoms with E-state index in [9.17, 15) is 9.59 Å². The van der Waals surface area contributed by atoms with Crippen LogP contribution in [0.15, 0.2) is 39.9 Å². The second-order valence-corrected chi connectivity index (χ2v) is 11.4. The van der Waals surface area contributed by atoms with Crippen LogP contribution >= 0.6 is 11.3 Å². The number of H-pyrrole nitrogens is 1. The number of nitrogens with one attached hydrogen (secondary N) is 1. The van der Waals surface area contributed by atoms with Crippen molar-refractivity contribution in [1.82, 2.24) is 19.4 Å². The first-order valence-corrected chi connectivity index (χ1v) is 14.0. The predicted octanol–water partition coefficient (Wildman–Crippen LogP) is 3.98. The van der Waals surface area contributed by atoms with E-state index in [1.807, 2.05) is 38.1 Å². The maximum atomic E-state index is 13.2. The Morgan fingerprint density at radius 3 is 2.82 bits per heavy atom. The van der Waals surface area contributed by atoms with Gasteiger partial charge in [0.05, 0.1) is 30.0 Å². The van der Waals surface area contributed by atoms with Gasteiger partial charge in [-0.2, -0.15) is 0 Å². The Morgan fingerprint density at radius 2 is 2.00 bits per heavy atom. The molecule has 1 fully saturated rings. The van der Waals surface area contributed by atoms with Gasteiger partial charge in [0, 0.05) is 43.1 Å². The number of fused-ring (bicyclic) bond motifs is 6. The van der Waals surface area contributed by atoms with Crippen LogP contribution in [-0.4, -0.2) is 58.9 Å². The molecule has 0 radical (unpaired) electrons. The van der Waals surface area contributed by atoms with E-state index >= 15 is 0 Å². The first-order valence-electron chi connectivity index (χ1n) is 13.2. The summed E-state index contributed by atoms with van der Waals surface area (Å²) in [6, 6.07) is 9.68. The molecule has 1 N–H and O–H groups in total. The lowest BCUT2D eigenvalue weighted by Gasteiger charge is -2.29. The lowest BCUT2D eigenvalue weighted by atomic mass is 9.86. The van der Waals surface area contributed by atoms with E-state index in [-0.39, 0.29) is 11.7 Å². The number of hydrogen-bond donors (Lipinski definition) is 1. The summed E-state index contributed by atoms with van der Waals surface area (Å²) >= 11 is 1.36. The van der Waals surface area contributed by atoms with Crippen molar-refractivity contribution in [3.05, 3.63) is 56.7 Å². The van der Waals surface area contributed by atoms with Gasteiger partial charge >= 0.3 is 5.69 Å². The fraction of sp³-hybridized carbons (Fsp3) is 0.464. The Bertz CT molecular complexity index is 1590. The topological polar surface area (TPSA) is 98.7 Å². The quantitative estimate of drug-likeness (QED) is 0.340. The van der Waals surface area contributed by atoms with Gasteiger partial charge in [0.2, 0.25) is 5.88 Å². The molecule has 5 heterocycles. The highest BCUT2D eigenvalue weighted by molar-refractivity contribution is 7.25. The first kappa shape index (κ1) is 24.9. The van der Waals surface area contributed by atoms with Crippen molar-refractivity contribution in [3.63, 3.8) is 0 Å². The molecule has 2 aliphatic heterocycles. The number of rotatable bonds is 8. The summed E-state index contributed by atoms with van der Waals surface area (Å²) in [5, 5.41) is 0. The number of methoxy groups -OCH3 is 1. The molecule has 4 aromatic rings. The zero-order valence-corrected chi connectivity index (χ0v) is 22.7. The molecular formula is C28H32N4O5S. The van der Waals surface area contributed by atoms with Crippen molar-refractivity contribution in [1.29, 1.82) is 0 Å². The van der Waals surface area contributed by atoms with Crippen LogP contribution in [0.5, 0.6) is 17.4 Å². The van der Waals surface area contributed by atoms with Crippen molar-refractivity contribution >= 4 is 31.8 Å². The molecule has 0 aliphatic carbocycles. The van der Waals surface area contributed by atoms with Crippen LogP contribution in [0.4, 0.5) is 0 Å². The molecule has 2 atom stereocenters. The number of pyridine rings is 1. The summed E-state index contributed by atoms with van der Waals surface area (Å²) in [7, 11) is 1.71. The summed E-state index contributed by atoms with van der Waals surface area (Å²) in [6.45, 7) is 7.82. The number of aromatic nitrogens is 3. The predicted molar refractivity (Wildman–Crippen MR) is 148 cm³/mol. The van der Waals surface area contributed by atoms with Crippen LogP contribution in [0.3, 0.4) is 0 Å². The highest BCUT2D eigenvalue weighted by atomic mass is 32.1. The minimum atomic E-state index is -0.396. The monoisotopic (exact) mass is 536 g/mol. The fourth-order valence-corrected chi connectivity index (χ4v) is 6.81. The zero-order valence-electron chi connectivity index (χ0n) is 21.9. The summed E-state index contributed by atoms with van der Waals surface area (Å²) < 4.78 is 20.0. The molecule has 0 bridgehead atoms. The largest absolute Gasteiger partial charge is 0.496 e. The van der Waals surface area contributed by atoms with E-state index < -0.39 is 5.69 Å². The van der Waals surface area contributed by atoms with E-state index in [0.29, 0.717) is 40.0 Å². The fourth-order valence-electron chi connectivity index (χ4n) is 5.76. The smallest absolute Gasteiger partial charge is 0.328 e. The van der Waals surface area contributed by atoms with Gasteiger partial charge in [-0.3, -0.25) is 9.36 Å². The van der Waals surface area contributed by atoms with Gasteiger partial charge in [-0.15, -0.1) is 11.3 Å². The molecule has 200 valence electrons. The van der Waals surface area contributed by atoms with Crippen LogP contribution in [-0.2, 0) is 6.54 Å². The Kier molecular flexibility index (Phi) is 6.61. The van der Waals surface area contributed by atoms with Crippen molar-refractivity contribution in [2.45, 2.75) is 45.3 Å². The van der Waals surface area contributed by atoms with Crippen molar-refractivity contribution in [2.24, 2.45) is 5.92 Å². The Hall–Kier alpha value is -3.37. The molecule has 1 aromatic carbocycles. The molecule has 9 nitrogen and oxygen atoms in total. The normalized spacial score (nSPS) is 19.1. The lowest BCUT2D eigenvalue weighted by molar-refractivity contribution is 0.209. The summed E-state index contributed by atoms with van der Waals surface area (Å²) in [6.07, 6.45) is 1.62. The molecule has 6 rings (SSSR count). The summed E-state index contributed by atoms with van der Waals surface area (Å²) in [5.74, 6) is 3.15. The van der Waals surface area contributed by atoms with Gasteiger partial charge in [0.25, 0.3) is 5.56 Å². The number of nitrogens with zero attached hydrogens (tertiary/aromatic N) is 3. The number of unbranched alkanes of at least 4 members (excludes halogenated alkanes) is 1. The van der Waals surface area contributed by atoms with Crippen LogP contribution < -0.4 is 25.5 Å². The number of ether oxygens (including phenoxy) is 3. The molecule has 0 spiro atoms. The van der Waals surface area contributed by atoms with Gasteiger partial charge in [0.15, 0.2) is 0 Å². The number of benzene rings is 1. The van der Waals surface area contributed by atoms with Gasteiger partial charge in [-0.05, 0) is 51.4 Å². The SMILES string of the molecule is COc1cccc2c1[C@@H]1CN(CCCCn3c(=O)[nH]c4c(sc5ccc(OC(C)C)nc54)c3=O)C[C@H]1CO2. The van der Waals surface area contributed by atoms with E-state index in [0.717, 1.165) is 55.3 Å². The van der Waals surface area contributed by atoms with E-state index in [1.165, 1.54) is 21.5 Å². The van der Waals surface area contributed by atoms with Crippen LogP contribution in [0.2, 0.25) is 0 Å². The van der Waals surface area contributed by atoms with Crippen molar-refractivity contribution in [3.8, 4) is 17.4 Å². The average molecular weight is 537 g/mol. The average Bonchev–Trinajstić information content (AvgIpc) is 3.48. The minimum absolute atomic E-state index is 0.0160. The lowest BCUT2D eigenvalue weighted by Crippen LogP contribution is -2.34. The van der Waals surface area contributed by atoms with Gasteiger partial charge < -0.3 is 24.1 Å². The Balaban J connectivity index is 1.13. The van der Waals surface area contributed by atoms with Crippen LogP contribution in [0, 0.1) is 5.92 Å². The van der Waals surface area contributed by atoms with E-state index in [4.69, 9.17) is 14.2 Å². The highest BCUT2D eigenvalue weighted by Crippen LogP contribution is 2.46. The molecule has 0 saturated carbocycles. The maximum absolute atomic E-state index is 13.2. The van der Waals surface area contributed by atoms with Crippen molar-refractivity contribution in [2.75, 3.05) is 33.4 Å². The third kappa shape index (κ3) is 4.45. The zero-order chi connectivity index (χ0) is 26.4. The molecule has 10 heteroatoms. The molecule has 0 unspecified atom stereocenters. The molecule has 0 amide bonds. The molecule has 38 heavy (non-hydrogen) atoms. The first-order chi connectivity index (χ1) is 18.4. The summed E-state index contributed by atoms with van der Waals surface area (Å²) in [4.78, 5) is 36.0. The second kappa shape index (κ2) is 10.1. The van der Waals surface area contributed by atoms with Crippen LogP contribution in [0.25, 0.3) is 20.4 Å². The number of thiophene rings is 1. The maximum Gasteiger partial charge on any atom is 0.328 e. The summed E-state index contributed by atoms with van der Waals surface area (Å²) in [5.41, 5.74) is 1.62. The second-order valence-electron chi connectivity index (χ2n) is 10.4. The molecule has 2 aliphatic rings. The van der Waals surface area contributed by atoms with Gasteiger partial charge in [-0.25, -0.2) is 9.78 Å². The number of likely N-dealkylation sites (tertiary alicyclic amines) is 1. The van der Waals surface area contributed by atoms with Crippen molar-refractivity contribution < 1.29 is 14.2 Å². The third-order valence-corrected chi connectivity index (χ3v) is 8.61. The van der Waals surface area contributed by atoms with Gasteiger partial charge in [0.1, 0.15) is 21.7 Å². The molecular weight excluding hydrogens is 504 g/mol. The van der Waals surface area contributed by atoms with Crippen LogP contribution in [0.1, 0.15) is 38.2 Å². The molecule has 3 aromatic heterocycles. The standard InChI is InChI=1S/C28H32N4O5S/c1-16(2)37-22-10-9-21-24(29-22)25-26(38-21)27(33)32(28(34)30-25)12-5-4-11-31-13-17-15-36-20-8-6-7-19(35-3)23(20)18(17)14-31/h6-10,16-18H,4-5,11-15H2,1-3H3,(H,30,34)/t17-,18+/m0/s1. The number of aromatic amines is 1. The van der Waals surface area contributed by atoms with Gasteiger partial charge in [-0.1, -0.05) is 6.07 Å². The Labute approximate surface area is 224 Å². The number of hydrogen-bond acceptors (Lipinski definition) is 8. The van der Waals surface area contributed by atoms with E-state index in [2.05, 4.69) is 14.9 Å². The highest BCUT2D eigenvalue weighted by Gasteiger charge is 2.40. The molecule has 1 saturated heterocycles. The minimum Gasteiger partial charge on any atom is -0.496 e. The van der Waals surface area contributed by atoms with E-state index in [1.54, 1.807) is 13.2 Å². The Morgan fingerprint density at radius 1 is 1.16 bits per heavy atom.